The predicted octanol–water partition coefficient (Wildman–Crippen LogP) is 0.586. The zero-order valence-corrected chi connectivity index (χ0v) is 8.33. The minimum Gasteiger partial charge on any atom is -0.462 e. The van der Waals surface area contributed by atoms with Crippen molar-refractivity contribution in [2.24, 2.45) is 0 Å². The Morgan fingerprint density at radius 3 is 2.14 bits per heavy atom. The fourth-order valence-electron chi connectivity index (χ4n) is 0.626. The first kappa shape index (κ1) is 12.3. The Kier molecular flexibility index (Phi) is 5.21. The number of ketones is 1. The fraction of sp³-hybridized carbons (Fsp3) is 0.444. The van der Waals surface area contributed by atoms with Crippen LogP contribution in [0.5, 0.6) is 0 Å². The molecule has 0 aromatic carbocycles. The van der Waals surface area contributed by atoms with Crippen molar-refractivity contribution in [2.75, 3.05) is 6.61 Å². The van der Waals surface area contributed by atoms with Crippen LogP contribution in [0.4, 0.5) is 0 Å². The molecule has 0 bridgehead atoms. The summed E-state index contributed by atoms with van der Waals surface area (Å²) in [6.45, 7) is 4.12. The molecule has 0 atom stereocenters. The minimum absolute atomic E-state index is 0.156. The topological polar surface area (TPSA) is 69.7 Å². The van der Waals surface area contributed by atoms with Crippen molar-refractivity contribution in [3.8, 4) is 0 Å². The second-order valence-electron chi connectivity index (χ2n) is 2.42. The zero-order valence-electron chi connectivity index (χ0n) is 8.33. The molecule has 78 valence electrons. The molecule has 5 heteroatoms. The van der Waals surface area contributed by atoms with Crippen molar-refractivity contribution in [3.05, 3.63) is 11.8 Å². The number of hydrogen-bond donors (Lipinski definition) is 0. The lowest BCUT2D eigenvalue weighted by molar-refractivity contribution is -0.140. The highest BCUT2D eigenvalue weighted by Gasteiger charge is 2.16. The Morgan fingerprint density at radius 2 is 1.79 bits per heavy atom. The molecule has 14 heavy (non-hydrogen) atoms. The Hall–Kier alpha value is -1.65. The predicted molar refractivity (Wildman–Crippen MR) is 47.2 cm³/mol. The van der Waals surface area contributed by atoms with Crippen LogP contribution in [0.3, 0.4) is 0 Å². The Bertz CT molecular complexity index is 277. The molecule has 0 aliphatic carbocycles. The maximum absolute atomic E-state index is 11.1. The van der Waals surface area contributed by atoms with E-state index in [-0.39, 0.29) is 12.2 Å². The lowest BCUT2D eigenvalue weighted by atomic mass is 10.2. The molecule has 0 unspecified atom stereocenters. The van der Waals surface area contributed by atoms with Crippen LogP contribution < -0.4 is 0 Å². The normalized spacial score (nSPS) is 10.6. The van der Waals surface area contributed by atoms with Gasteiger partial charge in [0, 0.05) is 6.92 Å². The van der Waals surface area contributed by atoms with E-state index in [1.54, 1.807) is 6.92 Å². The average Bonchev–Trinajstić information content (AvgIpc) is 2.03. The molecule has 0 heterocycles. The lowest BCUT2D eigenvalue weighted by Gasteiger charge is -2.02. The molecule has 0 aliphatic rings. The summed E-state index contributed by atoms with van der Waals surface area (Å²) in [4.78, 5) is 32.4. The van der Waals surface area contributed by atoms with Gasteiger partial charge in [0.15, 0.2) is 5.78 Å². The van der Waals surface area contributed by atoms with Gasteiger partial charge in [-0.2, -0.15) is 0 Å². The van der Waals surface area contributed by atoms with Crippen LogP contribution in [0.15, 0.2) is 11.8 Å². The number of hydrogen-bond acceptors (Lipinski definition) is 5. The van der Waals surface area contributed by atoms with E-state index in [1.165, 1.54) is 13.8 Å². The van der Waals surface area contributed by atoms with Crippen molar-refractivity contribution in [3.63, 3.8) is 0 Å². The van der Waals surface area contributed by atoms with E-state index in [0.29, 0.717) is 0 Å². The van der Waals surface area contributed by atoms with Crippen LogP contribution >= 0.6 is 0 Å². The maximum atomic E-state index is 11.1. The van der Waals surface area contributed by atoms with Crippen LogP contribution in [0.25, 0.3) is 0 Å². The quantitative estimate of drug-likeness (QED) is 0.218. The maximum Gasteiger partial charge on any atom is 0.344 e. The fourth-order valence-corrected chi connectivity index (χ4v) is 0.626. The zero-order chi connectivity index (χ0) is 11.1. The molecular weight excluding hydrogens is 188 g/mol. The van der Waals surface area contributed by atoms with Crippen LogP contribution in [-0.4, -0.2) is 24.3 Å². The van der Waals surface area contributed by atoms with Crippen molar-refractivity contribution < 1.29 is 23.9 Å². The third-order valence-electron chi connectivity index (χ3n) is 1.22. The summed E-state index contributed by atoms with van der Waals surface area (Å²) in [7, 11) is 0. The number of carbonyl (C=O) groups is 3. The summed E-state index contributed by atoms with van der Waals surface area (Å²) in [5.41, 5.74) is -0.276. The van der Waals surface area contributed by atoms with Gasteiger partial charge in [0.1, 0.15) is 11.8 Å². The van der Waals surface area contributed by atoms with Gasteiger partial charge in [-0.1, -0.05) is 0 Å². The third-order valence-corrected chi connectivity index (χ3v) is 1.22. The molecular formula is C9H12O5. The average molecular weight is 200 g/mol. The molecule has 0 spiro atoms. The summed E-state index contributed by atoms with van der Waals surface area (Å²) in [6, 6.07) is 0. The van der Waals surface area contributed by atoms with Gasteiger partial charge in [-0.25, -0.2) is 4.79 Å². The second-order valence-corrected chi connectivity index (χ2v) is 2.42. The van der Waals surface area contributed by atoms with E-state index in [0.717, 1.165) is 6.26 Å². The molecule has 0 radical (unpaired) electrons. The smallest absolute Gasteiger partial charge is 0.344 e. The van der Waals surface area contributed by atoms with E-state index in [4.69, 9.17) is 0 Å². The van der Waals surface area contributed by atoms with Gasteiger partial charge in [-0.05, 0) is 13.8 Å². The number of esters is 2. The van der Waals surface area contributed by atoms with Gasteiger partial charge in [-0.15, -0.1) is 0 Å². The van der Waals surface area contributed by atoms with Gasteiger partial charge in [-0.3, -0.25) is 9.59 Å². The van der Waals surface area contributed by atoms with Crippen molar-refractivity contribution in [2.45, 2.75) is 20.8 Å². The third kappa shape index (κ3) is 4.39. The molecule has 0 rings (SSSR count). The van der Waals surface area contributed by atoms with Crippen molar-refractivity contribution in [1.29, 1.82) is 0 Å². The first-order valence-corrected chi connectivity index (χ1v) is 4.04. The van der Waals surface area contributed by atoms with E-state index in [2.05, 4.69) is 9.47 Å². The van der Waals surface area contributed by atoms with Crippen LogP contribution in [-0.2, 0) is 23.9 Å². The van der Waals surface area contributed by atoms with E-state index < -0.39 is 17.7 Å². The molecule has 0 amide bonds. The van der Waals surface area contributed by atoms with E-state index in [9.17, 15) is 14.4 Å². The number of carbonyl (C=O) groups excluding carboxylic acids is 3. The van der Waals surface area contributed by atoms with E-state index in [1.807, 2.05) is 0 Å². The lowest BCUT2D eigenvalue weighted by Crippen LogP contribution is -2.14. The van der Waals surface area contributed by atoms with Gasteiger partial charge in [0.05, 0.1) is 6.61 Å². The largest absolute Gasteiger partial charge is 0.462 e. The molecule has 0 N–H and O–H groups in total. The Morgan fingerprint density at radius 1 is 1.21 bits per heavy atom. The number of ether oxygens (including phenoxy) is 2. The summed E-state index contributed by atoms with van der Waals surface area (Å²) in [6.07, 6.45) is 0.808. The van der Waals surface area contributed by atoms with Gasteiger partial charge in [0.2, 0.25) is 0 Å². The molecule has 5 nitrogen and oxygen atoms in total. The van der Waals surface area contributed by atoms with Gasteiger partial charge >= 0.3 is 11.9 Å². The highest BCUT2D eigenvalue weighted by Crippen LogP contribution is 2.00. The van der Waals surface area contributed by atoms with Crippen LogP contribution in [0.1, 0.15) is 20.8 Å². The molecule has 0 saturated heterocycles. The standard InChI is InChI=1S/C9H12O5/c1-4-13-9(12)8(6(2)10)5-14-7(3)11/h5H,4H2,1-3H3/b8-5+. The Balaban J connectivity index is 4.59. The minimum atomic E-state index is -0.791. The molecule has 0 fully saturated rings. The molecule has 0 aliphatic heterocycles. The van der Waals surface area contributed by atoms with E-state index >= 15 is 0 Å². The van der Waals surface area contributed by atoms with Crippen molar-refractivity contribution >= 4 is 17.7 Å². The Labute approximate surface area is 81.7 Å². The van der Waals surface area contributed by atoms with Crippen LogP contribution in [0.2, 0.25) is 0 Å². The van der Waals surface area contributed by atoms with Crippen LogP contribution in [0, 0.1) is 0 Å². The number of Topliss-reactive ketones (excluding diaryl/α,β-unsaturated/α-hetero) is 1. The highest BCUT2D eigenvalue weighted by atomic mass is 16.5. The SMILES string of the molecule is CCOC(=O)/C(=C/OC(C)=O)C(C)=O. The van der Waals surface area contributed by atoms with Gasteiger partial charge in [0.25, 0.3) is 0 Å². The summed E-state index contributed by atoms with van der Waals surface area (Å²) >= 11 is 0. The molecule has 0 aromatic heterocycles. The number of rotatable bonds is 4. The van der Waals surface area contributed by atoms with Gasteiger partial charge < -0.3 is 9.47 Å². The summed E-state index contributed by atoms with van der Waals surface area (Å²) in [5.74, 6) is -1.90. The first-order valence-electron chi connectivity index (χ1n) is 4.04. The second kappa shape index (κ2) is 5.90. The summed E-state index contributed by atoms with van der Waals surface area (Å²) < 4.78 is 8.99. The monoisotopic (exact) mass is 200 g/mol. The molecule has 0 saturated carbocycles. The summed E-state index contributed by atoms with van der Waals surface area (Å²) in [5, 5.41) is 0. The van der Waals surface area contributed by atoms with Crippen molar-refractivity contribution in [1.82, 2.24) is 0 Å². The molecule has 0 aromatic rings. The highest BCUT2D eigenvalue weighted by molar-refractivity contribution is 6.16. The first-order chi connectivity index (χ1) is 6.49.